The summed E-state index contributed by atoms with van der Waals surface area (Å²) >= 11 is 0. The molecule has 0 radical (unpaired) electrons. The summed E-state index contributed by atoms with van der Waals surface area (Å²) in [7, 11) is 3.35. The van der Waals surface area contributed by atoms with Crippen molar-refractivity contribution in [3.63, 3.8) is 0 Å². The highest BCUT2D eigenvalue weighted by Crippen LogP contribution is 2.38. The van der Waals surface area contributed by atoms with E-state index in [9.17, 15) is 9.59 Å². The summed E-state index contributed by atoms with van der Waals surface area (Å²) in [5.74, 6) is 0.772. The summed E-state index contributed by atoms with van der Waals surface area (Å²) in [6, 6.07) is 0.183. The van der Waals surface area contributed by atoms with E-state index in [0.29, 0.717) is 38.1 Å². The molecular weight excluding hydrogens is 344 g/mol. The Balaban J connectivity index is 1.59. The molecule has 1 heterocycles. The van der Waals surface area contributed by atoms with Crippen LogP contribution in [0.3, 0.4) is 0 Å². The van der Waals surface area contributed by atoms with Crippen molar-refractivity contribution in [2.75, 3.05) is 40.5 Å². The van der Waals surface area contributed by atoms with E-state index >= 15 is 0 Å². The van der Waals surface area contributed by atoms with E-state index in [0.717, 1.165) is 0 Å². The zero-order valence-electron chi connectivity index (χ0n) is 17.0. The Labute approximate surface area is 163 Å². The van der Waals surface area contributed by atoms with Gasteiger partial charge < -0.3 is 19.7 Å². The van der Waals surface area contributed by atoms with Crippen molar-refractivity contribution >= 4 is 11.8 Å². The predicted octanol–water partition coefficient (Wildman–Crippen LogP) is 2.22. The lowest BCUT2D eigenvalue weighted by Crippen LogP contribution is -2.52. The van der Waals surface area contributed by atoms with Crippen LogP contribution in [-0.4, -0.2) is 63.3 Å². The summed E-state index contributed by atoms with van der Waals surface area (Å²) in [5, 5.41) is 3.17. The zero-order chi connectivity index (χ0) is 19.2. The molecule has 3 rings (SSSR count). The van der Waals surface area contributed by atoms with Crippen molar-refractivity contribution in [2.24, 2.45) is 23.7 Å². The summed E-state index contributed by atoms with van der Waals surface area (Å²) in [5.41, 5.74) is 0. The van der Waals surface area contributed by atoms with Gasteiger partial charge in [-0.15, -0.1) is 0 Å². The highest BCUT2D eigenvalue weighted by atomic mass is 16.5. The fraction of sp³-hybridized carbons (Fsp3) is 0.905. The molecule has 0 aromatic rings. The van der Waals surface area contributed by atoms with Crippen molar-refractivity contribution in [2.45, 2.75) is 57.4 Å². The van der Waals surface area contributed by atoms with Crippen molar-refractivity contribution in [3.05, 3.63) is 0 Å². The maximum Gasteiger partial charge on any atom is 0.311 e. The lowest BCUT2D eigenvalue weighted by molar-refractivity contribution is -0.146. The van der Waals surface area contributed by atoms with Crippen LogP contribution in [0, 0.1) is 23.7 Å². The summed E-state index contributed by atoms with van der Waals surface area (Å²) in [4.78, 5) is 27.3. The summed E-state index contributed by atoms with van der Waals surface area (Å²) in [6.45, 7) is 2.33. The maximum absolute atomic E-state index is 12.8. The fourth-order valence-electron chi connectivity index (χ4n) is 5.18. The van der Waals surface area contributed by atoms with E-state index in [1.54, 1.807) is 19.1 Å². The van der Waals surface area contributed by atoms with Gasteiger partial charge in [0.25, 0.3) is 0 Å². The molecule has 1 N–H and O–H groups in total. The van der Waals surface area contributed by atoms with Gasteiger partial charge in [-0.05, 0) is 37.5 Å². The number of carbonyl (C=O) groups excluding carboxylic acids is 2. The quantitative estimate of drug-likeness (QED) is 0.688. The average Bonchev–Trinajstić information content (AvgIpc) is 3.03. The predicted molar refractivity (Wildman–Crippen MR) is 103 cm³/mol. The Morgan fingerprint density at radius 3 is 1.85 bits per heavy atom. The molecule has 27 heavy (non-hydrogen) atoms. The van der Waals surface area contributed by atoms with Crippen LogP contribution in [0.4, 0.5) is 0 Å². The first kappa shape index (κ1) is 20.6. The largest absolute Gasteiger partial charge is 0.384 e. The molecule has 6 heteroatoms. The van der Waals surface area contributed by atoms with Crippen LogP contribution < -0.4 is 5.32 Å². The number of carbonyl (C=O) groups is 2. The van der Waals surface area contributed by atoms with Gasteiger partial charge in [-0.2, -0.15) is 0 Å². The number of nitrogens with zero attached hydrogens (tertiary/aromatic N) is 1. The third kappa shape index (κ3) is 5.02. The molecule has 3 aliphatic rings. The average molecular weight is 381 g/mol. The molecule has 1 saturated heterocycles. The topological polar surface area (TPSA) is 67.9 Å². The molecule has 0 aromatic carbocycles. The minimum absolute atomic E-state index is 0.183. The van der Waals surface area contributed by atoms with E-state index in [1.807, 2.05) is 0 Å². The number of amides is 2. The van der Waals surface area contributed by atoms with Gasteiger partial charge in [0.05, 0.1) is 13.2 Å². The van der Waals surface area contributed by atoms with E-state index in [4.69, 9.17) is 9.47 Å². The molecule has 2 amide bonds. The van der Waals surface area contributed by atoms with Crippen LogP contribution in [0.5, 0.6) is 0 Å². The Bertz CT molecular complexity index is 488. The number of nitrogens with one attached hydrogen (secondary N) is 1. The van der Waals surface area contributed by atoms with Crippen LogP contribution in [0.2, 0.25) is 0 Å². The van der Waals surface area contributed by atoms with Crippen molar-refractivity contribution in [1.82, 2.24) is 10.2 Å². The Hall–Kier alpha value is -1.14. The van der Waals surface area contributed by atoms with Gasteiger partial charge in [-0.25, -0.2) is 0 Å². The van der Waals surface area contributed by atoms with Crippen LogP contribution in [0.1, 0.15) is 51.4 Å². The maximum atomic E-state index is 12.8. The number of methoxy groups -OCH3 is 2. The van der Waals surface area contributed by atoms with Gasteiger partial charge in [-0.1, -0.05) is 25.7 Å². The first-order chi connectivity index (χ1) is 13.1. The van der Waals surface area contributed by atoms with Gasteiger partial charge in [0.1, 0.15) is 0 Å². The van der Waals surface area contributed by atoms with Gasteiger partial charge in [0.15, 0.2) is 0 Å². The minimum atomic E-state index is -0.410. The van der Waals surface area contributed by atoms with Gasteiger partial charge >= 0.3 is 11.8 Å². The second kappa shape index (κ2) is 9.87. The summed E-state index contributed by atoms with van der Waals surface area (Å²) < 4.78 is 10.6. The molecule has 1 unspecified atom stereocenters. The summed E-state index contributed by atoms with van der Waals surface area (Å²) in [6.07, 6.45) is 9.80. The molecule has 3 fully saturated rings. The first-order valence-electron chi connectivity index (χ1n) is 10.7. The van der Waals surface area contributed by atoms with Crippen LogP contribution in [-0.2, 0) is 19.1 Å². The number of rotatable bonds is 7. The Morgan fingerprint density at radius 2 is 1.41 bits per heavy atom. The Morgan fingerprint density at radius 1 is 0.889 bits per heavy atom. The van der Waals surface area contributed by atoms with E-state index < -0.39 is 5.91 Å². The van der Waals surface area contributed by atoms with Crippen molar-refractivity contribution in [1.29, 1.82) is 0 Å². The first-order valence-corrected chi connectivity index (χ1v) is 10.7. The smallest absolute Gasteiger partial charge is 0.311 e. The SMILES string of the molecule is COC[C@@H]1CN(C(=O)C(=O)NC(C2CCCCC2)C2CCC2)C[C@H]1COC. The molecule has 6 nitrogen and oxygen atoms in total. The molecule has 0 aromatic heterocycles. The molecule has 154 valence electrons. The number of hydrogen-bond acceptors (Lipinski definition) is 4. The van der Waals surface area contributed by atoms with E-state index in [2.05, 4.69) is 5.32 Å². The molecule has 2 aliphatic carbocycles. The molecule has 0 spiro atoms. The minimum Gasteiger partial charge on any atom is -0.384 e. The van der Waals surface area contributed by atoms with E-state index in [-0.39, 0.29) is 23.8 Å². The van der Waals surface area contributed by atoms with Crippen LogP contribution in [0.25, 0.3) is 0 Å². The third-order valence-electron chi connectivity index (χ3n) is 6.93. The van der Waals surface area contributed by atoms with Crippen molar-refractivity contribution < 1.29 is 19.1 Å². The standard InChI is InChI=1S/C21H36N2O4/c1-26-13-17-11-23(12-18(17)14-27-2)21(25)20(24)22-19(16-9-6-10-16)15-7-4-3-5-8-15/h15-19H,3-14H2,1-2H3,(H,22,24)/t17-,18-,19?/m0/s1. The monoisotopic (exact) mass is 380 g/mol. The zero-order valence-corrected chi connectivity index (χ0v) is 17.0. The fourth-order valence-corrected chi connectivity index (χ4v) is 5.18. The van der Waals surface area contributed by atoms with Crippen LogP contribution in [0.15, 0.2) is 0 Å². The number of likely N-dealkylation sites (tertiary alicyclic amines) is 1. The molecule has 0 bridgehead atoms. The number of hydrogen-bond donors (Lipinski definition) is 1. The highest BCUT2D eigenvalue weighted by molar-refractivity contribution is 6.35. The van der Waals surface area contributed by atoms with Crippen molar-refractivity contribution in [3.8, 4) is 0 Å². The van der Waals surface area contributed by atoms with Gasteiger partial charge in [-0.3, -0.25) is 9.59 Å². The lowest BCUT2D eigenvalue weighted by Gasteiger charge is -2.40. The number of ether oxygens (including phenoxy) is 2. The second-order valence-electron chi connectivity index (χ2n) is 8.73. The van der Waals surface area contributed by atoms with Crippen LogP contribution >= 0.6 is 0 Å². The third-order valence-corrected chi connectivity index (χ3v) is 6.93. The molecule has 3 atom stereocenters. The normalized spacial score (nSPS) is 28.0. The van der Waals surface area contributed by atoms with Gasteiger partial charge in [0, 0.05) is 45.2 Å². The lowest BCUT2D eigenvalue weighted by atomic mass is 9.71. The molecular formula is C21H36N2O4. The van der Waals surface area contributed by atoms with E-state index in [1.165, 1.54) is 51.4 Å². The molecule has 1 aliphatic heterocycles. The second-order valence-corrected chi connectivity index (χ2v) is 8.73. The van der Waals surface area contributed by atoms with Gasteiger partial charge in [0.2, 0.25) is 0 Å². The molecule has 2 saturated carbocycles. The highest BCUT2D eigenvalue weighted by Gasteiger charge is 2.40. The Kier molecular flexibility index (Phi) is 7.53.